The molecule has 1 aliphatic carbocycles. The van der Waals surface area contributed by atoms with Gasteiger partial charge >= 0.3 is 0 Å². The number of hydrogen-bond donors (Lipinski definition) is 2. The van der Waals surface area contributed by atoms with Crippen LogP contribution in [-0.4, -0.2) is 40.6 Å². The van der Waals surface area contributed by atoms with Crippen molar-refractivity contribution in [3.8, 4) is 0 Å². The van der Waals surface area contributed by atoms with Gasteiger partial charge in [-0.2, -0.15) is 5.10 Å². The second kappa shape index (κ2) is 7.41. The summed E-state index contributed by atoms with van der Waals surface area (Å²) in [6.45, 7) is 3.79. The van der Waals surface area contributed by atoms with Crippen LogP contribution in [0.5, 0.6) is 0 Å². The molecule has 0 radical (unpaired) electrons. The molecule has 0 unspecified atom stereocenters. The topological polar surface area (TPSA) is 61.0 Å². The van der Waals surface area contributed by atoms with Gasteiger partial charge < -0.3 is 5.32 Å². The van der Waals surface area contributed by atoms with E-state index in [1.54, 1.807) is 6.20 Å². The lowest BCUT2D eigenvalue weighted by atomic mass is 9.93. The zero-order chi connectivity index (χ0) is 18.0. The highest BCUT2D eigenvalue weighted by molar-refractivity contribution is 6.30. The first-order chi connectivity index (χ1) is 12.7. The summed E-state index contributed by atoms with van der Waals surface area (Å²) in [5.74, 6) is 0.683. The van der Waals surface area contributed by atoms with Crippen molar-refractivity contribution in [3.05, 3.63) is 52.8 Å². The molecule has 4 rings (SSSR count). The van der Waals surface area contributed by atoms with Gasteiger partial charge in [0.05, 0.1) is 5.41 Å². The van der Waals surface area contributed by atoms with Crippen LogP contribution in [0.2, 0.25) is 5.02 Å². The van der Waals surface area contributed by atoms with E-state index >= 15 is 0 Å². The van der Waals surface area contributed by atoms with Crippen LogP contribution in [0.1, 0.15) is 36.9 Å². The predicted molar refractivity (Wildman–Crippen MR) is 102 cm³/mol. The molecule has 5 nitrogen and oxygen atoms in total. The van der Waals surface area contributed by atoms with Crippen LogP contribution in [0.25, 0.3) is 0 Å². The highest BCUT2D eigenvalue weighted by atomic mass is 35.5. The molecule has 2 aliphatic rings. The van der Waals surface area contributed by atoms with Crippen LogP contribution in [0.4, 0.5) is 0 Å². The molecular formula is C20H25ClN4O. The van der Waals surface area contributed by atoms with Crippen molar-refractivity contribution < 1.29 is 4.79 Å². The van der Waals surface area contributed by atoms with Gasteiger partial charge in [-0.3, -0.25) is 14.8 Å². The maximum atomic E-state index is 12.8. The third-order valence-electron chi connectivity index (χ3n) is 5.69. The van der Waals surface area contributed by atoms with E-state index in [2.05, 4.69) is 20.4 Å². The Balaban J connectivity index is 1.30. The van der Waals surface area contributed by atoms with Crippen LogP contribution in [-0.2, 0) is 16.8 Å². The maximum Gasteiger partial charge on any atom is 0.230 e. The van der Waals surface area contributed by atoms with Crippen molar-refractivity contribution in [2.75, 3.05) is 19.6 Å². The van der Waals surface area contributed by atoms with Crippen molar-refractivity contribution in [3.63, 3.8) is 0 Å². The van der Waals surface area contributed by atoms with Crippen LogP contribution in [0, 0.1) is 5.92 Å². The van der Waals surface area contributed by atoms with E-state index in [1.165, 1.54) is 12.8 Å². The number of rotatable bonds is 6. The number of amides is 1. The normalized spacial score (nSPS) is 22.1. The number of aromatic nitrogens is 2. The Bertz CT molecular complexity index is 740. The number of carbonyl (C=O) groups is 1. The van der Waals surface area contributed by atoms with Gasteiger partial charge in [0.1, 0.15) is 0 Å². The van der Waals surface area contributed by atoms with E-state index in [9.17, 15) is 4.79 Å². The summed E-state index contributed by atoms with van der Waals surface area (Å²) in [6.07, 6.45) is 6.00. The molecule has 26 heavy (non-hydrogen) atoms. The molecule has 1 aliphatic heterocycles. The van der Waals surface area contributed by atoms with E-state index in [-0.39, 0.29) is 11.3 Å². The van der Waals surface area contributed by atoms with E-state index < -0.39 is 0 Å². The van der Waals surface area contributed by atoms with Crippen LogP contribution in [0.3, 0.4) is 0 Å². The Labute approximate surface area is 159 Å². The number of nitrogens with zero attached hydrogens (tertiary/aromatic N) is 2. The van der Waals surface area contributed by atoms with Crippen molar-refractivity contribution >= 4 is 17.5 Å². The second-order valence-corrected chi connectivity index (χ2v) is 8.06. The first-order valence-corrected chi connectivity index (χ1v) is 9.78. The van der Waals surface area contributed by atoms with Gasteiger partial charge in [-0.1, -0.05) is 23.7 Å². The number of nitrogens with one attached hydrogen (secondary N) is 2. The van der Waals surface area contributed by atoms with Crippen molar-refractivity contribution in [1.82, 2.24) is 20.4 Å². The van der Waals surface area contributed by atoms with Crippen molar-refractivity contribution in [2.45, 2.75) is 37.6 Å². The molecule has 1 aromatic heterocycles. The summed E-state index contributed by atoms with van der Waals surface area (Å²) >= 11 is 5.98. The fraction of sp³-hybridized carbons (Fsp3) is 0.500. The zero-order valence-electron chi connectivity index (χ0n) is 14.9. The number of halogens is 1. The number of H-pyrrole nitrogens is 1. The van der Waals surface area contributed by atoms with Gasteiger partial charge in [-0.05, 0) is 61.9 Å². The first-order valence-electron chi connectivity index (χ1n) is 9.41. The number of hydrogen-bond acceptors (Lipinski definition) is 3. The summed E-state index contributed by atoms with van der Waals surface area (Å²) < 4.78 is 0. The fourth-order valence-electron chi connectivity index (χ4n) is 4.02. The van der Waals surface area contributed by atoms with Gasteiger partial charge in [0.25, 0.3) is 0 Å². The Morgan fingerprint density at radius 1 is 1.31 bits per heavy atom. The molecule has 2 aromatic rings. The van der Waals surface area contributed by atoms with Gasteiger partial charge in [0.15, 0.2) is 0 Å². The van der Waals surface area contributed by atoms with E-state index in [0.717, 1.165) is 50.3 Å². The second-order valence-electron chi connectivity index (χ2n) is 7.62. The van der Waals surface area contributed by atoms with Gasteiger partial charge in [-0.25, -0.2) is 0 Å². The predicted octanol–water partition coefficient (Wildman–Crippen LogP) is 3.12. The van der Waals surface area contributed by atoms with Crippen molar-refractivity contribution in [2.24, 2.45) is 5.92 Å². The highest BCUT2D eigenvalue weighted by Gasteiger charge is 2.51. The highest BCUT2D eigenvalue weighted by Crippen LogP contribution is 2.48. The fourth-order valence-corrected chi connectivity index (χ4v) is 4.15. The summed E-state index contributed by atoms with van der Waals surface area (Å²) in [4.78, 5) is 15.3. The third kappa shape index (κ3) is 3.79. The summed E-state index contributed by atoms with van der Waals surface area (Å²) in [5, 5.41) is 11.0. The molecule has 6 heteroatoms. The Morgan fingerprint density at radius 3 is 2.81 bits per heavy atom. The molecule has 1 saturated carbocycles. The standard InChI is InChI=1S/C20H25ClN4O/c21-17-5-3-16(4-6-17)20(8-9-20)19(26)22-12-15-2-1-11-25(13-15)14-18-7-10-23-24-18/h3-7,10,15H,1-2,8-9,11-14H2,(H,22,26)(H,23,24)/t15-/m0/s1. The number of aromatic amines is 1. The van der Waals surface area contributed by atoms with E-state index in [0.29, 0.717) is 10.9 Å². The summed E-state index contributed by atoms with van der Waals surface area (Å²) in [7, 11) is 0. The van der Waals surface area contributed by atoms with Crippen LogP contribution < -0.4 is 5.32 Å². The quantitative estimate of drug-likeness (QED) is 0.819. The van der Waals surface area contributed by atoms with Gasteiger partial charge in [0, 0.05) is 36.5 Å². The molecule has 0 spiro atoms. The number of benzene rings is 1. The molecule has 1 amide bonds. The molecule has 1 aromatic carbocycles. The minimum Gasteiger partial charge on any atom is -0.355 e. The molecular weight excluding hydrogens is 348 g/mol. The molecule has 2 fully saturated rings. The van der Waals surface area contributed by atoms with Gasteiger partial charge in [0.2, 0.25) is 5.91 Å². The first kappa shape index (κ1) is 17.6. The largest absolute Gasteiger partial charge is 0.355 e. The lowest BCUT2D eigenvalue weighted by molar-refractivity contribution is -0.123. The number of piperidine rings is 1. The lowest BCUT2D eigenvalue weighted by Gasteiger charge is -2.32. The molecule has 1 atom stereocenters. The maximum absolute atomic E-state index is 12.8. The lowest BCUT2D eigenvalue weighted by Crippen LogP contribution is -2.43. The minimum atomic E-state index is -0.325. The summed E-state index contributed by atoms with van der Waals surface area (Å²) in [5.41, 5.74) is 1.91. The molecule has 138 valence electrons. The number of likely N-dealkylation sites (tertiary alicyclic amines) is 1. The monoisotopic (exact) mass is 372 g/mol. The number of carbonyl (C=O) groups excluding carboxylic acids is 1. The van der Waals surface area contributed by atoms with Gasteiger partial charge in [-0.15, -0.1) is 0 Å². The minimum absolute atomic E-state index is 0.172. The SMILES string of the molecule is O=C(NC[C@@H]1CCCN(Cc2ccn[nH]2)C1)C1(c2ccc(Cl)cc2)CC1. The average molecular weight is 373 g/mol. The molecule has 2 heterocycles. The van der Waals surface area contributed by atoms with E-state index in [4.69, 9.17) is 11.6 Å². The van der Waals surface area contributed by atoms with Crippen molar-refractivity contribution in [1.29, 1.82) is 0 Å². The molecule has 1 saturated heterocycles. The Hall–Kier alpha value is -1.85. The summed E-state index contributed by atoms with van der Waals surface area (Å²) in [6, 6.07) is 9.75. The van der Waals surface area contributed by atoms with E-state index in [1.807, 2.05) is 30.3 Å². The van der Waals surface area contributed by atoms with Crippen LogP contribution >= 0.6 is 11.6 Å². The Morgan fingerprint density at radius 2 is 2.12 bits per heavy atom. The average Bonchev–Trinajstić information content (AvgIpc) is 3.31. The zero-order valence-corrected chi connectivity index (χ0v) is 15.6. The molecule has 0 bridgehead atoms. The van der Waals surface area contributed by atoms with Crippen LogP contribution in [0.15, 0.2) is 36.5 Å². The Kier molecular flexibility index (Phi) is 5.00. The molecule has 2 N–H and O–H groups in total. The third-order valence-corrected chi connectivity index (χ3v) is 5.94. The smallest absolute Gasteiger partial charge is 0.230 e.